The molecule has 5 heteroatoms. The smallest absolute Gasteiger partial charge is 0.131 e. The van der Waals surface area contributed by atoms with Gasteiger partial charge in [-0.15, -0.1) is 0 Å². The number of nitrogens with one attached hydrogen (secondary N) is 2. The molecule has 94 valence electrons. The van der Waals surface area contributed by atoms with Crippen molar-refractivity contribution < 1.29 is 4.74 Å². The molecule has 1 saturated heterocycles. The number of aromatic nitrogens is 2. The van der Waals surface area contributed by atoms with Gasteiger partial charge in [-0.2, -0.15) is 0 Å². The number of hydrogen-bond acceptors (Lipinski definition) is 5. The molecule has 1 aliphatic heterocycles. The predicted molar refractivity (Wildman–Crippen MR) is 68.3 cm³/mol. The van der Waals surface area contributed by atoms with Gasteiger partial charge < -0.3 is 15.4 Å². The molecule has 1 atom stereocenters. The Bertz CT molecular complexity index is 339. The standard InChI is InChI=1S/C12H20N4O/c1-2-5-13-11-7-12(15-9-14-11)16-10-4-3-6-17-8-10/h7,9-10H,2-6,8H2,1H3,(H2,13,14,15,16). The van der Waals surface area contributed by atoms with Crippen molar-refractivity contribution in [3.05, 3.63) is 12.4 Å². The molecule has 2 heterocycles. The lowest BCUT2D eigenvalue weighted by Gasteiger charge is -2.23. The third kappa shape index (κ3) is 3.85. The maximum atomic E-state index is 5.43. The van der Waals surface area contributed by atoms with Crippen LogP contribution in [0.3, 0.4) is 0 Å². The predicted octanol–water partition coefficient (Wildman–Crippen LogP) is 1.89. The Hall–Kier alpha value is -1.36. The van der Waals surface area contributed by atoms with Gasteiger partial charge in [-0.3, -0.25) is 0 Å². The van der Waals surface area contributed by atoms with Crippen molar-refractivity contribution in [2.75, 3.05) is 30.4 Å². The molecule has 1 aliphatic rings. The minimum atomic E-state index is 0.373. The SMILES string of the molecule is CCCNc1cc(NC2CCCOC2)ncn1. The highest BCUT2D eigenvalue weighted by molar-refractivity contribution is 5.46. The third-order valence-electron chi connectivity index (χ3n) is 2.74. The van der Waals surface area contributed by atoms with Crippen molar-refractivity contribution in [2.45, 2.75) is 32.2 Å². The number of hydrogen-bond donors (Lipinski definition) is 2. The van der Waals surface area contributed by atoms with Gasteiger partial charge in [0, 0.05) is 19.2 Å². The van der Waals surface area contributed by atoms with Crippen LogP contribution in [0.5, 0.6) is 0 Å². The molecule has 5 nitrogen and oxygen atoms in total. The Kier molecular flexibility index (Phi) is 4.55. The number of nitrogens with zero attached hydrogens (tertiary/aromatic N) is 2. The van der Waals surface area contributed by atoms with Gasteiger partial charge in [0.1, 0.15) is 18.0 Å². The van der Waals surface area contributed by atoms with Crippen molar-refractivity contribution in [3.63, 3.8) is 0 Å². The number of rotatable bonds is 5. The zero-order chi connectivity index (χ0) is 11.9. The van der Waals surface area contributed by atoms with Crippen molar-refractivity contribution >= 4 is 11.6 Å². The zero-order valence-electron chi connectivity index (χ0n) is 10.3. The maximum Gasteiger partial charge on any atom is 0.131 e. The molecule has 0 bridgehead atoms. The number of anilines is 2. The Balaban J connectivity index is 1.90. The van der Waals surface area contributed by atoms with Crippen LogP contribution in [-0.2, 0) is 4.74 Å². The molecular formula is C12H20N4O. The summed E-state index contributed by atoms with van der Waals surface area (Å²) in [5.74, 6) is 1.75. The van der Waals surface area contributed by atoms with Crippen LogP contribution in [0.25, 0.3) is 0 Å². The van der Waals surface area contributed by atoms with E-state index in [9.17, 15) is 0 Å². The molecule has 0 saturated carbocycles. The Morgan fingerprint density at radius 2 is 2.29 bits per heavy atom. The average Bonchev–Trinajstić information content (AvgIpc) is 2.38. The fourth-order valence-electron chi connectivity index (χ4n) is 1.85. The fraction of sp³-hybridized carbons (Fsp3) is 0.667. The van der Waals surface area contributed by atoms with Crippen LogP contribution in [0.2, 0.25) is 0 Å². The first-order valence-corrected chi connectivity index (χ1v) is 6.28. The first-order chi connectivity index (χ1) is 8.38. The summed E-state index contributed by atoms with van der Waals surface area (Å²) < 4.78 is 5.43. The summed E-state index contributed by atoms with van der Waals surface area (Å²) >= 11 is 0. The molecule has 0 amide bonds. The Morgan fingerprint density at radius 1 is 1.41 bits per heavy atom. The summed E-state index contributed by atoms with van der Waals surface area (Å²) in [6, 6.07) is 2.32. The molecule has 1 aromatic heterocycles. The number of ether oxygens (including phenoxy) is 1. The normalized spacial score (nSPS) is 19.9. The molecule has 0 aromatic carbocycles. The van der Waals surface area contributed by atoms with Crippen molar-refractivity contribution in [1.82, 2.24) is 9.97 Å². The van der Waals surface area contributed by atoms with Crippen LogP contribution in [0.15, 0.2) is 12.4 Å². The van der Waals surface area contributed by atoms with Crippen LogP contribution in [-0.4, -0.2) is 35.8 Å². The van der Waals surface area contributed by atoms with Gasteiger partial charge in [-0.05, 0) is 19.3 Å². The van der Waals surface area contributed by atoms with E-state index in [1.54, 1.807) is 6.33 Å². The maximum absolute atomic E-state index is 5.43. The van der Waals surface area contributed by atoms with E-state index in [1.807, 2.05) is 6.07 Å². The molecule has 1 fully saturated rings. The van der Waals surface area contributed by atoms with Crippen molar-refractivity contribution in [3.8, 4) is 0 Å². The van der Waals surface area contributed by atoms with Gasteiger partial charge in [0.25, 0.3) is 0 Å². The second-order valence-corrected chi connectivity index (χ2v) is 4.27. The molecule has 0 aliphatic carbocycles. The van der Waals surface area contributed by atoms with E-state index in [1.165, 1.54) is 0 Å². The highest BCUT2D eigenvalue weighted by Crippen LogP contribution is 2.14. The third-order valence-corrected chi connectivity index (χ3v) is 2.74. The van der Waals surface area contributed by atoms with E-state index in [-0.39, 0.29) is 0 Å². The molecule has 17 heavy (non-hydrogen) atoms. The second kappa shape index (κ2) is 6.39. The summed E-state index contributed by atoms with van der Waals surface area (Å²) in [4.78, 5) is 8.40. The van der Waals surface area contributed by atoms with E-state index in [0.29, 0.717) is 6.04 Å². The van der Waals surface area contributed by atoms with E-state index >= 15 is 0 Å². The lowest BCUT2D eigenvalue weighted by atomic mass is 10.1. The van der Waals surface area contributed by atoms with Gasteiger partial charge in [0.05, 0.1) is 12.6 Å². The minimum absolute atomic E-state index is 0.373. The molecule has 0 spiro atoms. The van der Waals surface area contributed by atoms with Gasteiger partial charge in [0.15, 0.2) is 0 Å². The van der Waals surface area contributed by atoms with Crippen molar-refractivity contribution in [2.24, 2.45) is 0 Å². The van der Waals surface area contributed by atoms with Gasteiger partial charge in [-0.25, -0.2) is 9.97 Å². The van der Waals surface area contributed by atoms with E-state index in [4.69, 9.17) is 4.74 Å². The zero-order valence-corrected chi connectivity index (χ0v) is 10.3. The van der Waals surface area contributed by atoms with Crippen LogP contribution >= 0.6 is 0 Å². The average molecular weight is 236 g/mol. The van der Waals surface area contributed by atoms with Crippen molar-refractivity contribution in [1.29, 1.82) is 0 Å². The lowest BCUT2D eigenvalue weighted by molar-refractivity contribution is 0.0875. The van der Waals surface area contributed by atoms with Crippen LogP contribution < -0.4 is 10.6 Å². The van der Waals surface area contributed by atoms with Gasteiger partial charge in [0.2, 0.25) is 0 Å². The van der Waals surface area contributed by atoms with Gasteiger partial charge >= 0.3 is 0 Å². The monoisotopic (exact) mass is 236 g/mol. The van der Waals surface area contributed by atoms with Crippen LogP contribution in [0.4, 0.5) is 11.6 Å². The molecule has 0 radical (unpaired) electrons. The summed E-state index contributed by atoms with van der Waals surface area (Å²) in [7, 11) is 0. The summed E-state index contributed by atoms with van der Waals surface area (Å²) in [6.45, 7) is 4.71. The quantitative estimate of drug-likeness (QED) is 0.817. The minimum Gasteiger partial charge on any atom is -0.379 e. The molecule has 1 aromatic rings. The van der Waals surface area contributed by atoms with E-state index in [0.717, 1.165) is 50.7 Å². The fourth-order valence-corrected chi connectivity index (χ4v) is 1.85. The first kappa shape index (κ1) is 12.1. The van der Waals surface area contributed by atoms with E-state index in [2.05, 4.69) is 27.5 Å². The van der Waals surface area contributed by atoms with Gasteiger partial charge in [-0.1, -0.05) is 6.92 Å². The highest BCUT2D eigenvalue weighted by Gasteiger charge is 2.13. The summed E-state index contributed by atoms with van der Waals surface area (Å²) in [6.07, 6.45) is 4.93. The van der Waals surface area contributed by atoms with E-state index < -0.39 is 0 Å². The largest absolute Gasteiger partial charge is 0.379 e. The van der Waals surface area contributed by atoms with Crippen LogP contribution in [0.1, 0.15) is 26.2 Å². The highest BCUT2D eigenvalue weighted by atomic mass is 16.5. The van der Waals surface area contributed by atoms with Crippen LogP contribution in [0, 0.1) is 0 Å². The summed E-state index contributed by atoms with van der Waals surface area (Å²) in [5.41, 5.74) is 0. The molecule has 2 rings (SSSR count). The molecular weight excluding hydrogens is 216 g/mol. The topological polar surface area (TPSA) is 59.1 Å². The molecule has 1 unspecified atom stereocenters. The Morgan fingerprint density at radius 3 is 3.06 bits per heavy atom. The first-order valence-electron chi connectivity index (χ1n) is 6.28. The Labute approximate surface area is 102 Å². The molecule has 2 N–H and O–H groups in total. The lowest BCUT2D eigenvalue weighted by Crippen LogP contribution is -2.30. The second-order valence-electron chi connectivity index (χ2n) is 4.27. The summed E-state index contributed by atoms with van der Waals surface area (Å²) in [5, 5.41) is 6.63.